The van der Waals surface area contributed by atoms with E-state index in [0.29, 0.717) is 48.9 Å². The minimum absolute atomic E-state index is 0.303. The van der Waals surface area contributed by atoms with E-state index in [4.69, 9.17) is 39.2 Å². The summed E-state index contributed by atoms with van der Waals surface area (Å²) in [6, 6.07) is 17.2. The Morgan fingerprint density at radius 3 is 2.48 bits per heavy atom. The predicted octanol–water partition coefficient (Wildman–Crippen LogP) is 6.71. The molecule has 0 fully saturated rings. The molecule has 0 spiro atoms. The van der Waals surface area contributed by atoms with Crippen molar-refractivity contribution >= 4 is 57.5 Å². The van der Waals surface area contributed by atoms with Crippen molar-refractivity contribution in [2.75, 3.05) is 5.32 Å². The molecule has 4 aromatic rings. The number of rotatable bonds is 3. The molecule has 0 aliphatic carbocycles. The Kier molecular flexibility index (Phi) is 4.79. The molecule has 0 aliphatic rings. The Labute approximate surface area is 169 Å². The van der Waals surface area contributed by atoms with Crippen LogP contribution in [0.2, 0.25) is 15.1 Å². The van der Waals surface area contributed by atoms with Crippen molar-refractivity contribution < 1.29 is 9.21 Å². The standard InChI is InChI=1S/C20H11Cl3N2O2/c21-14-4-2-1-3-13(14)20-25-17-10-12(6-8-18(17)27-20)24-19(26)11-5-7-15(22)16(23)9-11/h1-10H,(H,24,26). The predicted molar refractivity (Wildman–Crippen MR) is 109 cm³/mol. The molecule has 4 rings (SSSR count). The number of hydrogen-bond acceptors (Lipinski definition) is 3. The van der Waals surface area contributed by atoms with E-state index < -0.39 is 0 Å². The number of nitrogens with zero attached hydrogens (tertiary/aromatic N) is 1. The fourth-order valence-electron chi connectivity index (χ4n) is 2.60. The lowest BCUT2D eigenvalue weighted by Gasteiger charge is -2.06. The van der Waals surface area contributed by atoms with E-state index in [1.165, 1.54) is 6.07 Å². The smallest absolute Gasteiger partial charge is 0.255 e. The molecule has 0 saturated carbocycles. The number of nitrogens with one attached hydrogen (secondary N) is 1. The number of fused-ring (bicyclic) bond motifs is 1. The first-order valence-corrected chi connectivity index (χ1v) is 9.06. The number of aromatic nitrogens is 1. The van der Waals surface area contributed by atoms with Gasteiger partial charge in [0, 0.05) is 11.3 Å². The largest absolute Gasteiger partial charge is 0.436 e. The number of amides is 1. The van der Waals surface area contributed by atoms with Crippen LogP contribution in [0, 0.1) is 0 Å². The highest BCUT2D eigenvalue weighted by atomic mass is 35.5. The van der Waals surface area contributed by atoms with Crippen LogP contribution in [0.5, 0.6) is 0 Å². The van der Waals surface area contributed by atoms with Crippen molar-refractivity contribution in [3.05, 3.63) is 81.3 Å². The van der Waals surface area contributed by atoms with Crippen molar-refractivity contribution in [3.8, 4) is 11.5 Å². The topological polar surface area (TPSA) is 55.1 Å². The highest BCUT2D eigenvalue weighted by molar-refractivity contribution is 6.42. The second kappa shape index (κ2) is 7.24. The summed E-state index contributed by atoms with van der Waals surface area (Å²) < 4.78 is 5.77. The van der Waals surface area contributed by atoms with Crippen molar-refractivity contribution in [2.45, 2.75) is 0 Å². The van der Waals surface area contributed by atoms with Crippen LogP contribution in [-0.2, 0) is 0 Å². The molecule has 0 radical (unpaired) electrons. The summed E-state index contributed by atoms with van der Waals surface area (Å²) in [6.07, 6.45) is 0. The third kappa shape index (κ3) is 3.65. The maximum atomic E-state index is 12.4. The minimum Gasteiger partial charge on any atom is -0.436 e. The zero-order valence-electron chi connectivity index (χ0n) is 13.7. The first-order valence-electron chi connectivity index (χ1n) is 7.93. The quantitative estimate of drug-likeness (QED) is 0.403. The Bertz CT molecular complexity index is 1170. The first kappa shape index (κ1) is 17.9. The van der Waals surface area contributed by atoms with E-state index in [0.717, 1.165) is 0 Å². The zero-order valence-corrected chi connectivity index (χ0v) is 15.9. The molecule has 1 N–H and O–H groups in total. The van der Waals surface area contributed by atoms with E-state index in [1.54, 1.807) is 36.4 Å². The molecule has 1 amide bonds. The number of anilines is 1. The lowest BCUT2D eigenvalue weighted by atomic mass is 10.2. The number of halogens is 3. The fraction of sp³-hybridized carbons (Fsp3) is 0. The third-order valence-corrected chi connectivity index (χ3v) is 5.00. The molecule has 7 heteroatoms. The molecule has 27 heavy (non-hydrogen) atoms. The second-order valence-electron chi connectivity index (χ2n) is 5.76. The maximum absolute atomic E-state index is 12.4. The Balaban J connectivity index is 1.62. The Hall–Kier alpha value is -2.53. The van der Waals surface area contributed by atoms with Gasteiger partial charge in [-0.15, -0.1) is 0 Å². The summed E-state index contributed by atoms with van der Waals surface area (Å²) in [5.41, 5.74) is 2.89. The van der Waals surface area contributed by atoms with Crippen LogP contribution < -0.4 is 5.32 Å². The van der Waals surface area contributed by atoms with Gasteiger partial charge >= 0.3 is 0 Å². The van der Waals surface area contributed by atoms with Crippen LogP contribution in [0.4, 0.5) is 5.69 Å². The van der Waals surface area contributed by atoms with Gasteiger partial charge in [0.25, 0.3) is 5.91 Å². The number of oxazole rings is 1. The first-order chi connectivity index (χ1) is 13.0. The van der Waals surface area contributed by atoms with Gasteiger partial charge in [-0.05, 0) is 48.5 Å². The Morgan fingerprint density at radius 2 is 1.70 bits per heavy atom. The number of carbonyl (C=O) groups excluding carboxylic acids is 1. The number of benzene rings is 3. The molecule has 0 bridgehead atoms. The molecular weight excluding hydrogens is 407 g/mol. The maximum Gasteiger partial charge on any atom is 0.255 e. The summed E-state index contributed by atoms with van der Waals surface area (Å²) in [6.45, 7) is 0. The van der Waals surface area contributed by atoms with Gasteiger partial charge in [0.1, 0.15) is 5.52 Å². The zero-order chi connectivity index (χ0) is 19.0. The highest BCUT2D eigenvalue weighted by Crippen LogP contribution is 2.31. The summed E-state index contributed by atoms with van der Waals surface area (Å²) in [4.78, 5) is 16.9. The lowest BCUT2D eigenvalue weighted by molar-refractivity contribution is 0.102. The van der Waals surface area contributed by atoms with Crippen LogP contribution in [0.15, 0.2) is 65.1 Å². The van der Waals surface area contributed by atoms with Crippen LogP contribution in [0.1, 0.15) is 10.4 Å². The molecule has 0 atom stereocenters. The third-order valence-electron chi connectivity index (χ3n) is 3.93. The van der Waals surface area contributed by atoms with Gasteiger partial charge < -0.3 is 9.73 Å². The molecule has 0 aliphatic heterocycles. The summed E-state index contributed by atoms with van der Waals surface area (Å²) in [5.74, 6) is 0.117. The molecule has 1 heterocycles. The van der Waals surface area contributed by atoms with Gasteiger partial charge in [0.05, 0.1) is 20.6 Å². The SMILES string of the molecule is O=C(Nc1ccc2oc(-c3ccccc3Cl)nc2c1)c1ccc(Cl)c(Cl)c1. The van der Waals surface area contributed by atoms with Crippen molar-refractivity contribution in [2.24, 2.45) is 0 Å². The van der Waals surface area contributed by atoms with E-state index in [1.807, 2.05) is 18.2 Å². The van der Waals surface area contributed by atoms with Gasteiger partial charge in [0.2, 0.25) is 5.89 Å². The normalized spacial score (nSPS) is 10.9. The van der Waals surface area contributed by atoms with Crippen LogP contribution >= 0.6 is 34.8 Å². The van der Waals surface area contributed by atoms with Crippen molar-refractivity contribution in [1.82, 2.24) is 4.98 Å². The number of carbonyl (C=O) groups is 1. The van der Waals surface area contributed by atoms with Crippen molar-refractivity contribution in [1.29, 1.82) is 0 Å². The van der Waals surface area contributed by atoms with Gasteiger partial charge in [0.15, 0.2) is 5.58 Å². The molecular formula is C20H11Cl3N2O2. The monoisotopic (exact) mass is 416 g/mol. The summed E-state index contributed by atoms with van der Waals surface area (Å²) in [7, 11) is 0. The summed E-state index contributed by atoms with van der Waals surface area (Å²) in [5, 5.41) is 4.07. The van der Waals surface area contributed by atoms with Crippen molar-refractivity contribution in [3.63, 3.8) is 0 Å². The van der Waals surface area contributed by atoms with Gasteiger partial charge in [-0.25, -0.2) is 4.98 Å². The second-order valence-corrected chi connectivity index (χ2v) is 6.99. The lowest BCUT2D eigenvalue weighted by Crippen LogP contribution is -2.11. The molecule has 4 nitrogen and oxygen atoms in total. The van der Waals surface area contributed by atoms with E-state index in [2.05, 4.69) is 10.3 Å². The van der Waals surface area contributed by atoms with E-state index >= 15 is 0 Å². The minimum atomic E-state index is -0.303. The Morgan fingerprint density at radius 1 is 0.889 bits per heavy atom. The fourth-order valence-corrected chi connectivity index (χ4v) is 3.11. The molecule has 0 unspecified atom stereocenters. The average Bonchev–Trinajstić information content (AvgIpc) is 3.07. The van der Waals surface area contributed by atoms with Crippen LogP contribution in [0.3, 0.4) is 0 Å². The molecule has 1 aromatic heterocycles. The molecule has 3 aromatic carbocycles. The number of hydrogen-bond donors (Lipinski definition) is 1. The summed E-state index contributed by atoms with van der Waals surface area (Å²) >= 11 is 18.1. The van der Waals surface area contributed by atoms with Gasteiger partial charge in [-0.2, -0.15) is 0 Å². The van der Waals surface area contributed by atoms with Crippen LogP contribution in [0.25, 0.3) is 22.6 Å². The van der Waals surface area contributed by atoms with E-state index in [9.17, 15) is 4.79 Å². The molecule has 0 saturated heterocycles. The molecule has 134 valence electrons. The average molecular weight is 418 g/mol. The van der Waals surface area contributed by atoms with Gasteiger partial charge in [-0.1, -0.05) is 46.9 Å². The van der Waals surface area contributed by atoms with Gasteiger partial charge in [-0.3, -0.25) is 4.79 Å². The van der Waals surface area contributed by atoms with E-state index in [-0.39, 0.29) is 5.91 Å². The highest BCUT2D eigenvalue weighted by Gasteiger charge is 2.13. The van der Waals surface area contributed by atoms with Crippen LogP contribution in [-0.4, -0.2) is 10.9 Å².